The van der Waals surface area contributed by atoms with E-state index in [9.17, 15) is 0 Å². The quantitative estimate of drug-likeness (QED) is 0.0563. The monoisotopic (exact) mass is 880 g/mol. The first-order valence-corrected chi connectivity index (χ1v) is 26.9. The fourth-order valence-electron chi connectivity index (χ4n) is 8.21. The normalized spacial score (nSPS) is 11.8. The molecule has 0 fully saturated rings. The molecule has 0 N–H and O–H groups in total. The summed E-state index contributed by atoms with van der Waals surface area (Å²) in [4.78, 5) is 8.02. The zero-order valence-electron chi connectivity index (χ0n) is 34.1. The first-order valence-electron chi connectivity index (χ1n) is 21.7. The predicted molar refractivity (Wildman–Crippen MR) is 264 cm³/mol. The first-order chi connectivity index (χ1) is 28.8. The van der Waals surface area contributed by atoms with Gasteiger partial charge in [-0.1, -0.05) is 128 Å². The van der Waals surface area contributed by atoms with Gasteiger partial charge in [-0.3, -0.25) is 0 Å². The molecule has 58 heavy (non-hydrogen) atoms. The Morgan fingerprint density at radius 3 is 1.10 bits per heavy atom. The van der Waals surface area contributed by atoms with Gasteiger partial charge in [0.25, 0.3) is 0 Å². The number of thiophene rings is 6. The van der Waals surface area contributed by atoms with Crippen molar-refractivity contribution >= 4 is 99.0 Å². The van der Waals surface area contributed by atoms with E-state index in [1.807, 2.05) is 68.0 Å². The van der Waals surface area contributed by atoms with Crippen LogP contribution in [-0.4, -0.2) is 13.2 Å². The molecule has 0 aliphatic heterocycles. The lowest BCUT2D eigenvalue weighted by Gasteiger charge is -2.16. The molecule has 0 aliphatic rings. The fourth-order valence-corrected chi connectivity index (χ4v) is 14.4. The largest absolute Gasteiger partial charge is 0.490 e. The SMILES string of the molecule is CCCCCCCCCCOc1cc2c(cc1OCCCCCCCCCC)c1c(-c3cccs3)c(-c3cccs3)sc1c1sc(-c3cccs3)c(-c3cccs3)c21. The lowest BCUT2D eigenvalue weighted by Crippen LogP contribution is -2.03. The minimum absolute atomic E-state index is 0.712. The third-order valence-corrected chi connectivity index (χ3v) is 17.6. The molecular formula is C50H56O2S6. The third kappa shape index (κ3) is 9.48. The van der Waals surface area contributed by atoms with Crippen LogP contribution in [0.3, 0.4) is 0 Å². The molecule has 0 saturated heterocycles. The summed E-state index contributed by atoms with van der Waals surface area (Å²) in [5, 5.41) is 14.1. The van der Waals surface area contributed by atoms with Crippen molar-refractivity contribution in [1.82, 2.24) is 0 Å². The molecular weight excluding hydrogens is 825 g/mol. The summed E-state index contributed by atoms with van der Waals surface area (Å²) >= 11 is 11.3. The summed E-state index contributed by atoms with van der Waals surface area (Å²) in [7, 11) is 0. The van der Waals surface area contributed by atoms with Gasteiger partial charge in [-0.2, -0.15) is 0 Å². The summed E-state index contributed by atoms with van der Waals surface area (Å²) in [5.74, 6) is 1.78. The number of fused-ring (bicyclic) bond motifs is 6. The lowest BCUT2D eigenvalue weighted by molar-refractivity contribution is 0.259. The van der Waals surface area contributed by atoms with Crippen LogP contribution in [0.1, 0.15) is 117 Å². The molecule has 2 aromatic carbocycles. The van der Waals surface area contributed by atoms with Gasteiger partial charge in [-0.25, -0.2) is 0 Å². The molecule has 304 valence electrons. The second-order valence-electron chi connectivity index (χ2n) is 15.4. The number of benzene rings is 2. The van der Waals surface area contributed by atoms with Crippen LogP contribution in [0.5, 0.6) is 11.5 Å². The van der Waals surface area contributed by atoms with Gasteiger partial charge in [0.05, 0.1) is 32.4 Å². The molecule has 0 amide bonds. The Kier molecular flexibility index (Phi) is 15.1. The average Bonchev–Trinajstić information content (AvgIpc) is 4.09. The molecule has 0 spiro atoms. The fraction of sp³-hybridized carbons (Fsp3) is 0.400. The number of unbranched alkanes of at least 4 members (excludes halogenated alkanes) is 14. The van der Waals surface area contributed by atoms with E-state index in [0.29, 0.717) is 13.2 Å². The summed E-state index contributed by atoms with van der Waals surface area (Å²) < 4.78 is 16.5. The van der Waals surface area contributed by atoms with E-state index >= 15 is 0 Å². The van der Waals surface area contributed by atoms with Crippen molar-refractivity contribution in [1.29, 1.82) is 0 Å². The van der Waals surface area contributed by atoms with Crippen LogP contribution in [0.15, 0.2) is 82.2 Å². The van der Waals surface area contributed by atoms with Gasteiger partial charge in [0.15, 0.2) is 11.5 Å². The second kappa shape index (κ2) is 21.0. The minimum Gasteiger partial charge on any atom is -0.490 e. The van der Waals surface area contributed by atoms with E-state index in [1.54, 1.807) is 0 Å². The smallest absolute Gasteiger partial charge is 0.161 e. The van der Waals surface area contributed by atoms with Gasteiger partial charge in [0, 0.05) is 41.4 Å². The summed E-state index contributed by atoms with van der Waals surface area (Å²) in [6.45, 7) is 6.01. The Morgan fingerprint density at radius 2 is 0.759 bits per heavy atom. The molecule has 6 aromatic heterocycles. The van der Waals surface area contributed by atoms with E-state index in [0.717, 1.165) is 24.3 Å². The highest BCUT2D eigenvalue weighted by Gasteiger charge is 2.28. The molecule has 0 saturated carbocycles. The van der Waals surface area contributed by atoms with Crippen molar-refractivity contribution < 1.29 is 9.47 Å². The Hall–Kier alpha value is -2.98. The van der Waals surface area contributed by atoms with Gasteiger partial charge in [0.2, 0.25) is 0 Å². The minimum atomic E-state index is 0.712. The standard InChI is InChI=1S/C50H56O2S6/c1-3-5-7-9-11-13-15-17-27-51-37-33-35-36(34-38(37)52-28-18-16-14-12-10-8-6-4-2)44-46(40-24-20-30-54-40)48(42-26-22-32-56-42)58-50(44)49-43(35)45(39-23-19-29-53-39)47(57-49)41-25-21-31-55-41/h19-26,29-34H,3-18,27-28H2,1-2H3. The van der Waals surface area contributed by atoms with E-state index in [2.05, 4.69) is 96.0 Å². The first kappa shape index (κ1) is 41.7. The van der Waals surface area contributed by atoms with E-state index in [1.165, 1.54) is 161 Å². The van der Waals surface area contributed by atoms with Gasteiger partial charge < -0.3 is 9.47 Å². The van der Waals surface area contributed by atoms with Crippen LogP contribution >= 0.6 is 68.0 Å². The average molecular weight is 881 g/mol. The van der Waals surface area contributed by atoms with Gasteiger partial charge in [-0.05, 0) is 81.5 Å². The topological polar surface area (TPSA) is 18.5 Å². The van der Waals surface area contributed by atoms with Crippen LogP contribution in [0.4, 0.5) is 0 Å². The molecule has 0 radical (unpaired) electrons. The molecule has 8 rings (SSSR count). The van der Waals surface area contributed by atoms with Crippen molar-refractivity contribution in [2.75, 3.05) is 13.2 Å². The molecule has 0 aliphatic carbocycles. The highest BCUT2D eigenvalue weighted by atomic mass is 32.1. The molecule has 0 bridgehead atoms. The molecule has 6 heterocycles. The Labute approximate surface area is 369 Å². The van der Waals surface area contributed by atoms with Gasteiger partial charge in [0.1, 0.15) is 0 Å². The van der Waals surface area contributed by atoms with E-state index in [-0.39, 0.29) is 0 Å². The Bertz CT molecular complexity index is 2260. The number of rotatable bonds is 24. The Balaban J connectivity index is 1.26. The van der Waals surface area contributed by atoms with Crippen LogP contribution in [0.25, 0.3) is 71.3 Å². The van der Waals surface area contributed by atoms with Crippen molar-refractivity contribution in [3.8, 4) is 51.9 Å². The summed E-state index contributed by atoms with van der Waals surface area (Å²) in [5.41, 5.74) is 2.71. The zero-order valence-corrected chi connectivity index (χ0v) is 39.0. The summed E-state index contributed by atoms with van der Waals surface area (Å²) in [6, 6.07) is 22.7. The van der Waals surface area contributed by atoms with Crippen LogP contribution in [0.2, 0.25) is 0 Å². The van der Waals surface area contributed by atoms with Crippen LogP contribution in [0, 0.1) is 0 Å². The van der Waals surface area contributed by atoms with Gasteiger partial charge in [-0.15, -0.1) is 68.0 Å². The van der Waals surface area contributed by atoms with E-state index < -0.39 is 0 Å². The molecule has 8 heteroatoms. The predicted octanol–water partition coefficient (Wildman–Crippen LogP) is 19.2. The molecule has 0 atom stereocenters. The maximum atomic E-state index is 6.85. The molecule has 0 unspecified atom stereocenters. The zero-order chi connectivity index (χ0) is 39.5. The number of hydrogen-bond donors (Lipinski definition) is 0. The third-order valence-electron chi connectivity index (χ3n) is 11.2. The maximum Gasteiger partial charge on any atom is 0.161 e. The van der Waals surface area contributed by atoms with Gasteiger partial charge >= 0.3 is 0 Å². The second-order valence-corrected chi connectivity index (χ2v) is 21.3. The maximum absolute atomic E-state index is 6.85. The molecule has 2 nitrogen and oxygen atoms in total. The van der Waals surface area contributed by atoms with Crippen LogP contribution < -0.4 is 9.47 Å². The molecule has 8 aromatic rings. The number of ether oxygens (including phenoxy) is 2. The van der Waals surface area contributed by atoms with E-state index in [4.69, 9.17) is 9.47 Å². The van der Waals surface area contributed by atoms with Crippen LogP contribution in [-0.2, 0) is 0 Å². The van der Waals surface area contributed by atoms with Crippen molar-refractivity contribution in [2.45, 2.75) is 117 Å². The van der Waals surface area contributed by atoms with Crippen molar-refractivity contribution in [3.63, 3.8) is 0 Å². The Morgan fingerprint density at radius 1 is 0.414 bits per heavy atom. The van der Waals surface area contributed by atoms with Crippen molar-refractivity contribution in [2.24, 2.45) is 0 Å². The highest BCUT2D eigenvalue weighted by Crippen LogP contribution is 2.58. The summed E-state index contributed by atoms with van der Waals surface area (Å²) in [6.07, 6.45) is 20.5. The highest BCUT2D eigenvalue weighted by molar-refractivity contribution is 7.33. The lowest BCUT2D eigenvalue weighted by atomic mass is 9.95. The van der Waals surface area contributed by atoms with Crippen molar-refractivity contribution in [3.05, 3.63) is 82.2 Å². The number of hydrogen-bond acceptors (Lipinski definition) is 8.